The van der Waals surface area contributed by atoms with Crippen molar-refractivity contribution in [3.8, 4) is 5.75 Å². The number of aromatic nitrogens is 1. The van der Waals surface area contributed by atoms with Crippen LogP contribution in [0.25, 0.3) is 5.76 Å². The maximum Gasteiger partial charge on any atom is 0.301 e. The van der Waals surface area contributed by atoms with Crippen molar-refractivity contribution in [2.75, 3.05) is 4.90 Å². The number of Topliss-reactive ketones (excluding diaryl/α,β-unsaturated/α-hetero) is 1. The van der Waals surface area contributed by atoms with Gasteiger partial charge in [-0.15, -0.1) is 11.3 Å². The summed E-state index contributed by atoms with van der Waals surface area (Å²) in [4.78, 5) is 31.9. The molecule has 3 aromatic carbocycles. The fourth-order valence-corrected chi connectivity index (χ4v) is 4.93. The first-order valence-corrected chi connectivity index (χ1v) is 12.4. The van der Waals surface area contributed by atoms with Crippen LogP contribution in [0.5, 0.6) is 5.75 Å². The summed E-state index contributed by atoms with van der Waals surface area (Å²) in [6, 6.07) is 21.7. The molecule has 1 fully saturated rings. The molecule has 7 heteroatoms. The number of hydrogen-bond donors (Lipinski definition) is 1. The average molecular weight is 497 g/mol. The van der Waals surface area contributed by atoms with E-state index in [1.54, 1.807) is 35.8 Å². The maximum absolute atomic E-state index is 13.2. The van der Waals surface area contributed by atoms with E-state index in [1.165, 1.54) is 16.2 Å². The number of ether oxygens (including phenoxy) is 1. The van der Waals surface area contributed by atoms with Gasteiger partial charge in [0.05, 0.1) is 11.6 Å². The normalized spacial score (nSPS) is 16.9. The van der Waals surface area contributed by atoms with Crippen LogP contribution in [-0.4, -0.2) is 21.8 Å². The van der Waals surface area contributed by atoms with Crippen LogP contribution in [0.4, 0.5) is 5.13 Å². The zero-order chi connectivity index (χ0) is 25.2. The molecule has 6 nitrogen and oxygen atoms in total. The molecule has 1 saturated heterocycles. The summed E-state index contributed by atoms with van der Waals surface area (Å²) >= 11 is 1.26. The Balaban J connectivity index is 1.48. The number of aliphatic hydroxyl groups is 1. The van der Waals surface area contributed by atoms with E-state index in [4.69, 9.17) is 4.74 Å². The summed E-state index contributed by atoms with van der Waals surface area (Å²) in [6.45, 7) is 4.41. The molecule has 1 N–H and O–H groups in total. The Hall–Kier alpha value is -4.23. The Morgan fingerprint density at radius 2 is 1.75 bits per heavy atom. The zero-order valence-electron chi connectivity index (χ0n) is 19.8. The van der Waals surface area contributed by atoms with E-state index in [0.29, 0.717) is 23.1 Å². The van der Waals surface area contributed by atoms with Gasteiger partial charge in [-0.2, -0.15) is 0 Å². The predicted molar refractivity (Wildman–Crippen MR) is 140 cm³/mol. The molecule has 180 valence electrons. The van der Waals surface area contributed by atoms with Gasteiger partial charge in [0.2, 0.25) is 0 Å². The molecule has 1 aliphatic heterocycles. The molecule has 5 rings (SSSR count). The van der Waals surface area contributed by atoms with Gasteiger partial charge >= 0.3 is 5.91 Å². The molecule has 1 aliphatic rings. The van der Waals surface area contributed by atoms with Gasteiger partial charge < -0.3 is 9.84 Å². The summed E-state index contributed by atoms with van der Waals surface area (Å²) in [5.41, 5.74) is 4.44. The van der Waals surface area contributed by atoms with Gasteiger partial charge in [-0.25, -0.2) is 4.98 Å². The molecule has 1 atom stereocenters. The van der Waals surface area contributed by atoms with Crippen LogP contribution < -0.4 is 9.64 Å². The van der Waals surface area contributed by atoms with Crippen molar-refractivity contribution in [2.45, 2.75) is 26.5 Å². The molecule has 0 radical (unpaired) electrons. The number of ketones is 1. The van der Waals surface area contributed by atoms with Crippen LogP contribution in [0.15, 0.2) is 89.9 Å². The minimum absolute atomic E-state index is 0.0347. The molecule has 0 aliphatic carbocycles. The van der Waals surface area contributed by atoms with Gasteiger partial charge in [-0.1, -0.05) is 59.7 Å². The van der Waals surface area contributed by atoms with Crippen molar-refractivity contribution in [1.82, 2.24) is 4.98 Å². The molecule has 2 heterocycles. The predicted octanol–water partition coefficient (Wildman–Crippen LogP) is 5.97. The molecular formula is C29H24N2O4S. The lowest BCUT2D eigenvalue weighted by atomic mass is 9.95. The maximum atomic E-state index is 13.2. The Morgan fingerprint density at radius 1 is 1.00 bits per heavy atom. The molecule has 1 amide bonds. The van der Waals surface area contributed by atoms with Gasteiger partial charge in [0.25, 0.3) is 5.78 Å². The molecule has 1 unspecified atom stereocenters. The first kappa shape index (κ1) is 23.5. The van der Waals surface area contributed by atoms with E-state index in [-0.39, 0.29) is 11.3 Å². The number of anilines is 1. The third-order valence-corrected chi connectivity index (χ3v) is 6.85. The van der Waals surface area contributed by atoms with E-state index in [2.05, 4.69) is 11.1 Å². The van der Waals surface area contributed by atoms with E-state index in [1.807, 2.05) is 56.3 Å². The minimum atomic E-state index is -0.783. The monoisotopic (exact) mass is 496 g/mol. The molecule has 36 heavy (non-hydrogen) atoms. The number of aryl methyl sites for hydroxylation is 2. The Bertz CT molecular complexity index is 1440. The molecule has 0 saturated carbocycles. The van der Waals surface area contributed by atoms with E-state index in [0.717, 1.165) is 22.3 Å². The standard InChI is InChI=1S/C29H24N2O4S/c1-18-6-8-21(9-7-18)25-24(27(33)28(34)31(25)29-30-14-15-36-29)26(32)22-10-12-23(13-11-22)35-17-20-5-3-4-19(2)16-20/h3-16,25,32H,17H2,1-2H3/b26-24-. The smallest absolute Gasteiger partial charge is 0.301 e. The Kier molecular flexibility index (Phi) is 6.40. The van der Waals surface area contributed by atoms with Crippen molar-refractivity contribution in [3.63, 3.8) is 0 Å². The molecular weight excluding hydrogens is 472 g/mol. The van der Waals surface area contributed by atoms with Crippen molar-refractivity contribution < 1.29 is 19.4 Å². The summed E-state index contributed by atoms with van der Waals surface area (Å²) in [5.74, 6) is -1.06. The first-order valence-electron chi connectivity index (χ1n) is 11.5. The van der Waals surface area contributed by atoms with Crippen LogP contribution >= 0.6 is 11.3 Å². The third-order valence-electron chi connectivity index (χ3n) is 6.08. The van der Waals surface area contributed by atoms with Crippen molar-refractivity contribution in [2.24, 2.45) is 0 Å². The second-order valence-corrected chi connectivity index (χ2v) is 9.57. The molecule has 0 bridgehead atoms. The molecule has 1 aromatic heterocycles. The second kappa shape index (κ2) is 9.79. The Labute approximate surface area is 213 Å². The lowest BCUT2D eigenvalue weighted by Gasteiger charge is -2.23. The number of benzene rings is 3. The van der Waals surface area contributed by atoms with Gasteiger partial charge in [-0.05, 0) is 49.2 Å². The topological polar surface area (TPSA) is 79.7 Å². The number of aliphatic hydroxyl groups excluding tert-OH is 1. The van der Waals surface area contributed by atoms with Crippen LogP contribution in [0.2, 0.25) is 0 Å². The summed E-state index contributed by atoms with van der Waals surface area (Å²) in [5, 5.41) is 13.4. The van der Waals surface area contributed by atoms with E-state index < -0.39 is 17.7 Å². The van der Waals surface area contributed by atoms with Crippen LogP contribution in [-0.2, 0) is 16.2 Å². The highest BCUT2D eigenvalue weighted by atomic mass is 32.1. The number of amides is 1. The fourth-order valence-electron chi connectivity index (χ4n) is 4.26. The Morgan fingerprint density at radius 3 is 2.42 bits per heavy atom. The van der Waals surface area contributed by atoms with Crippen LogP contribution in [0.3, 0.4) is 0 Å². The summed E-state index contributed by atoms with van der Waals surface area (Å²) in [6.07, 6.45) is 1.58. The highest BCUT2D eigenvalue weighted by Gasteiger charge is 2.47. The SMILES string of the molecule is Cc1ccc(C2/C(=C(/O)c3ccc(OCc4cccc(C)c4)cc3)C(=O)C(=O)N2c2nccs2)cc1. The fraction of sp³-hybridized carbons (Fsp3) is 0.138. The highest BCUT2D eigenvalue weighted by Crippen LogP contribution is 2.42. The number of carbonyl (C=O) groups is 2. The van der Waals surface area contributed by atoms with Crippen molar-refractivity contribution in [1.29, 1.82) is 0 Å². The first-order chi connectivity index (χ1) is 17.4. The number of hydrogen-bond acceptors (Lipinski definition) is 6. The largest absolute Gasteiger partial charge is 0.507 e. The van der Waals surface area contributed by atoms with Crippen LogP contribution in [0.1, 0.15) is 33.9 Å². The van der Waals surface area contributed by atoms with Gasteiger partial charge in [-0.3, -0.25) is 14.5 Å². The lowest BCUT2D eigenvalue weighted by Crippen LogP contribution is -2.29. The third kappa shape index (κ3) is 4.53. The number of carbonyl (C=O) groups excluding carboxylic acids is 2. The van der Waals surface area contributed by atoms with Crippen molar-refractivity contribution in [3.05, 3.63) is 118 Å². The lowest BCUT2D eigenvalue weighted by molar-refractivity contribution is -0.132. The average Bonchev–Trinajstić information content (AvgIpc) is 3.50. The minimum Gasteiger partial charge on any atom is -0.507 e. The second-order valence-electron chi connectivity index (χ2n) is 8.70. The van der Waals surface area contributed by atoms with Crippen molar-refractivity contribution >= 4 is 33.9 Å². The summed E-state index contributed by atoms with van der Waals surface area (Å²) in [7, 11) is 0. The van der Waals surface area contributed by atoms with Crippen LogP contribution in [0, 0.1) is 13.8 Å². The van der Waals surface area contributed by atoms with Gasteiger partial charge in [0.15, 0.2) is 5.13 Å². The number of thiazole rings is 1. The quantitative estimate of drug-likeness (QED) is 0.202. The van der Waals surface area contributed by atoms with Gasteiger partial charge in [0, 0.05) is 17.1 Å². The highest BCUT2D eigenvalue weighted by molar-refractivity contribution is 7.14. The summed E-state index contributed by atoms with van der Waals surface area (Å²) < 4.78 is 5.88. The van der Waals surface area contributed by atoms with E-state index in [9.17, 15) is 14.7 Å². The zero-order valence-corrected chi connectivity index (χ0v) is 20.7. The number of nitrogens with zero attached hydrogens (tertiary/aromatic N) is 2. The van der Waals surface area contributed by atoms with E-state index >= 15 is 0 Å². The van der Waals surface area contributed by atoms with Gasteiger partial charge in [0.1, 0.15) is 18.1 Å². The molecule has 4 aromatic rings. The molecule has 0 spiro atoms. The number of rotatable bonds is 6.